The SMILES string of the molecule is COC(=O)[C@@H](C)Cc1cccc2nc(Nc3ccc4c(C)nn(C5CCCCO5)c4c3)nn12. The molecule has 1 aromatic carbocycles. The molecule has 1 aliphatic heterocycles. The van der Waals surface area contributed by atoms with Crippen molar-refractivity contribution in [2.45, 2.75) is 45.8 Å². The number of ether oxygens (including phenoxy) is 2. The molecule has 1 N–H and O–H groups in total. The Hall–Kier alpha value is -3.46. The number of aryl methyl sites for hydroxylation is 1. The van der Waals surface area contributed by atoms with E-state index in [1.807, 2.05) is 42.8 Å². The van der Waals surface area contributed by atoms with Crippen molar-refractivity contribution in [1.29, 1.82) is 0 Å². The van der Waals surface area contributed by atoms with Crippen LogP contribution in [0.5, 0.6) is 0 Å². The Kier molecular flexibility index (Phi) is 5.72. The minimum Gasteiger partial charge on any atom is -0.469 e. The van der Waals surface area contributed by atoms with Crippen LogP contribution in [-0.4, -0.2) is 44.1 Å². The second kappa shape index (κ2) is 8.82. The van der Waals surface area contributed by atoms with Crippen molar-refractivity contribution in [2.24, 2.45) is 5.92 Å². The number of fused-ring (bicyclic) bond motifs is 2. The van der Waals surface area contributed by atoms with Crippen molar-refractivity contribution in [1.82, 2.24) is 24.4 Å². The number of anilines is 2. The van der Waals surface area contributed by atoms with E-state index in [1.54, 1.807) is 4.52 Å². The van der Waals surface area contributed by atoms with Crippen LogP contribution >= 0.6 is 0 Å². The van der Waals surface area contributed by atoms with Crippen molar-refractivity contribution >= 4 is 34.2 Å². The number of carbonyl (C=O) groups is 1. The molecule has 4 aromatic rings. The number of benzene rings is 1. The third-order valence-corrected chi connectivity index (χ3v) is 6.13. The number of hydrogen-bond donors (Lipinski definition) is 1. The van der Waals surface area contributed by atoms with Gasteiger partial charge in [0, 0.05) is 29.8 Å². The van der Waals surface area contributed by atoms with E-state index >= 15 is 0 Å². The first-order valence-corrected chi connectivity index (χ1v) is 11.3. The van der Waals surface area contributed by atoms with Gasteiger partial charge in [-0.1, -0.05) is 13.0 Å². The molecule has 0 radical (unpaired) electrons. The van der Waals surface area contributed by atoms with E-state index in [-0.39, 0.29) is 18.1 Å². The molecule has 0 bridgehead atoms. The summed E-state index contributed by atoms with van der Waals surface area (Å²) in [6.45, 7) is 4.64. The summed E-state index contributed by atoms with van der Waals surface area (Å²) in [7, 11) is 1.40. The van der Waals surface area contributed by atoms with E-state index in [0.29, 0.717) is 18.0 Å². The zero-order valence-corrected chi connectivity index (χ0v) is 19.1. The van der Waals surface area contributed by atoms with Gasteiger partial charge in [-0.15, -0.1) is 5.10 Å². The molecule has 5 rings (SSSR count). The van der Waals surface area contributed by atoms with Gasteiger partial charge in [0.2, 0.25) is 5.95 Å². The summed E-state index contributed by atoms with van der Waals surface area (Å²) in [5, 5.41) is 13.8. The average Bonchev–Trinajstić information content (AvgIpc) is 3.40. The number of pyridine rings is 1. The molecule has 0 spiro atoms. The smallest absolute Gasteiger partial charge is 0.308 e. The van der Waals surface area contributed by atoms with Crippen LogP contribution in [0.25, 0.3) is 16.6 Å². The predicted molar refractivity (Wildman–Crippen MR) is 124 cm³/mol. The summed E-state index contributed by atoms with van der Waals surface area (Å²) in [4.78, 5) is 16.5. The number of methoxy groups -OCH3 is 1. The Balaban J connectivity index is 1.44. The van der Waals surface area contributed by atoms with Crippen LogP contribution in [0.2, 0.25) is 0 Å². The Morgan fingerprint density at radius 2 is 2.15 bits per heavy atom. The van der Waals surface area contributed by atoms with Crippen LogP contribution in [0.15, 0.2) is 36.4 Å². The first-order valence-electron chi connectivity index (χ1n) is 11.3. The molecule has 0 saturated carbocycles. The number of nitrogens with one attached hydrogen (secondary N) is 1. The van der Waals surface area contributed by atoms with Crippen molar-refractivity contribution in [3.05, 3.63) is 47.8 Å². The van der Waals surface area contributed by atoms with Crippen molar-refractivity contribution in [3.8, 4) is 0 Å². The van der Waals surface area contributed by atoms with E-state index in [0.717, 1.165) is 53.8 Å². The van der Waals surface area contributed by atoms with Crippen molar-refractivity contribution in [2.75, 3.05) is 19.0 Å². The zero-order valence-electron chi connectivity index (χ0n) is 19.1. The van der Waals surface area contributed by atoms with E-state index in [9.17, 15) is 4.79 Å². The molecule has 9 nitrogen and oxygen atoms in total. The summed E-state index contributed by atoms with van der Waals surface area (Å²) in [6, 6.07) is 11.9. The molecule has 0 amide bonds. The number of esters is 1. The van der Waals surface area contributed by atoms with Crippen LogP contribution in [0, 0.1) is 12.8 Å². The zero-order chi connectivity index (χ0) is 22.9. The third-order valence-electron chi connectivity index (χ3n) is 6.13. The lowest BCUT2D eigenvalue weighted by Crippen LogP contribution is -2.19. The largest absolute Gasteiger partial charge is 0.469 e. The maximum absolute atomic E-state index is 11.9. The topological polar surface area (TPSA) is 95.6 Å². The first kappa shape index (κ1) is 21.4. The Morgan fingerprint density at radius 1 is 1.27 bits per heavy atom. The summed E-state index contributed by atoms with van der Waals surface area (Å²) < 4.78 is 14.6. The maximum Gasteiger partial charge on any atom is 0.308 e. The lowest BCUT2D eigenvalue weighted by molar-refractivity contribution is -0.144. The molecule has 3 aromatic heterocycles. The molecule has 1 aliphatic rings. The monoisotopic (exact) mass is 448 g/mol. The van der Waals surface area contributed by atoms with Gasteiger partial charge in [-0.25, -0.2) is 9.20 Å². The van der Waals surface area contributed by atoms with Crippen LogP contribution in [-0.2, 0) is 20.7 Å². The van der Waals surface area contributed by atoms with Crippen molar-refractivity contribution < 1.29 is 14.3 Å². The Labute approximate surface area is 191 Å². The number of carbonyl (C=O) groups excluding carboxylic acids is 1. The summed E-state index contributed by atoms with van der Waals surface area (Å²) in [5.74, 6) is -0.0222. The van der Waals surface area contributed by atoms with Gasteiger partial charge in [0.25, 0.3) is 0 Å². The Morgan fingerprint density at radius 3 is 2.94 bits per heavy atom. The van der Waals surface area contributed by atoms with E-state index in [2.05, 4.69) is 27.5 Å². The highest BCUT2D eigenvalue weighted by Crippen LogP contribution is 2.30. The quantitative estimate of drug-likeness (QED) is 0.442. The van der Waals surface area contributed by atoms with Crippen LogP contribution in [0.1, 0.15) is 43.8 Å². The highest BCUT2D eigenvalue weighted by molar-refractivity contribution is 5.85. The number of aromatic nitrogens is 5. The lowest BCUT2D eigenvalue weighted by atomic mass is 10.1. The lowest BCUT2D eigenvalue weighted by Gasteiger charge is -2.23. The molecule has 2 atom stereocenters. The normalized spacial score (nSPS) is 17.4. The first-order chi connectivity index (χ1) is 16.0. The van der Waals surface area contributed by atoms with E-state index < -0.39 is 0 Å². The molecule has 0 aliphatic carbocycles. The van der Waals surface area contributed by atoms with E-state index in [1.165, 1.54) is 7.11 Å². The second-order valence-electron chi connectivity index (χ2n) is 8.56. The summed E-state index contributed by atoms with van der Waals surface area (Å²) in [5.41, 5.74) is 4.50. The van der Waals surface area contributed by atoms with Gasteiger partial charge >= 0.3 is 5.97 Å². The Bertz CT molecular complexity index is 1300. The second-order valence-corrected chi connectivity index (χ2v) is 8.56. The summed E-state index contributed by atoms with van der Waals surface area (Å²) >= 11 is 0. The number of hydrogen-bond acceptors (Lipinski definition) is 7. The molecule has 9 heteroatoms. The van der Waals surface area contributed by atoms with Gasteiger partial charge in [0.1, 0.15) is 0 Å². The van der Waals surface area contributed by atoms with Crippen molar-refractivity contribution in [3.63, 3.8) is 0 Å². The van der Waals surface area contributed by atoms with E-state index in [4.69, 9.17) is 14.6 Å². The molecular formula is C24H28N6O3. The van der Waals surface area contributed by atoms with Crippen LogP contribution in [0.4, 0.5) is 11.6 Å². The van der Waals surface area contributed by atoms with Gasteiger partial charge < -0.3 is 14.8 Å². The van der Waals surface area contributed by atoms with Gasteiger partial charge in [-0.3, -0.25) is 4.79 Å². The predicted octanol–water partition coefficient (Wildman–Crippen LogP) is 4.18. The van der Waals surface area contributed by atoms with Gasteiger partial charge in [0.05, 0.1) is 24.2 Å². The molecule has 1 unspecified atom stereocenters. The molecule has 33 heavy (non-hydrogen) atoms. The van der Waals surface area contributed by atoms with Gasteiger partial charge in [-0.2, -0.15) is 10.1 Å². The van der Waals surface area contributed by atoms with Gasteiger partial charge in [0.15, 0.2) is 11.9 Å². The highest BCUT2D eigenvalue weighted by atomic mass is 16.5. The molecule has 172 valence electrons. The highest BCUT2D eigenvalue weighted by Gasteiger charge is 2.21. The van der Waals surface area contributed by atoms with Crippen LogP contribution in [0.3, 0.4) is 0 Å². The average molecular weight is 449 g/mol. The minimum absolute atomic E-state index is 0.0297. The summed E-state index contributed by atoms with van der Waals surface area (Å²) in [6.07, 6.45) is 3.69. The molecular weight excluding hydrogens is 420 g/mol. The van der Waals surface area contributed by atoms with Gasteiger partial charge in [-0.05, 0) is 56.5 Å². The molecule has 1 fully saturated rings. The maximum atomic E-state index is 11.9. The fourth-order valence-electron chi connectivity index (χ4n) is 4.40. The third kappa shape index (κ3) is 4.16. The van der Waals surface area contributed by atoms with Crippen LogP contribution < -0.4 is 5.32 Å². The fraction of sp³-hybridized carbons (Fsp3) is 0.417. The standard InChI is InChI=1S/C24H28N6O3/c1-15(23(31)32-3)13-18-7-6-8-21-26-24(28-29(18)21)25-17-10-11-19-16(2)27-30(20(19)14-17)22-9-4-5-12-33-22/h6-8,10-11,14-15,22H,4-5,9,12-13H2,1-3H3,(H,25,28)/t15-,22?/m0/s1. The molecule has 4 heterocycles. The number of rotatable bonds is 6. The fourth-order valence-corrected chi connectivity index (χ4v) is 4.40. The molecule has 1 saturated heterocycles. The number of nitrogens with zero attached hydrogens (tertiary/aromatic N) is 5. The minimum atomic E-state index is -0.269.